The fourth-order valence-corrected chi connectivity index (χ4v) is 4.25. The van der Waals surface area contributed by atoms with Gasteiger partial charge in [0.15, 0.2) is 5.82 Å². The highest BCUT2D eigenvalue weighted by Gasteiger charge is 2.21. The highest BCUT2D eigenvalue weighted by molar-refractivity contribution is 6.04. The van der Waals surface area contributed by atoms with Crippen LogP contribution in [0.5, 0.6) is 0 Å². The number of amides is 1. The molecule has 9 heteroatoms. The molecule has 0 bridgehead atoms. The second kappa shape index (κ2) is 10.4. The summed E-state index contributed by atoms with van der Waals surface area (Å²) in [6.45, 7) is 7.04. The third-order valence-electron chi connectivity index (χ3n) is 6.64. The molecule has 0 spiro atoms. The molecule has 0 radical (unpaired) electrons. The zero-order valence-electron chi connectivity index (χ0n) is 21.6. The minimum atomic E-state index is -0.689. The molecule has 3 heterocycles. The maximum absolute atomic E-state index is 13.0. The van der Waals surface area contributed by atoms with E-state index in [4.69, 9.17) is 9.72 Å². The summed E-state index contributed by atoms with van der Waals surface area (Å²) in [5.41, 5.74) is 4.34. The average molecular weight is 508 g/mol. The Balaban J connectivity index is 1.38. The SMILES string of the molecule is Cc1ccc(NC(=O)c2cccc(C(C)(C)C#N)c2)cc1Nc1ncnc2ccc(N[C@H]3CCOC3)nc12. The van der Waals surface area contributed by atoms with Crippen LogP contribution in [0.1, 0.15) is 41.8 Å². The predicted octanol–water partition coefficient (Wildman–Crippen LogP) is 5.33. The van der Waals surface area contributed by atoms with Crippen LogP contribution in [-0.2, 0) is 10.2 Å². The molecular formula is C29H29N7O2. The van der Waals surface area contributed by atoms with Crippen LogP contribution in [0.4, 0.5) is 23.0 Å². The second-order valence-corrected chi connectivity index (χ2v) is 9.92. The summed E-state index contributed by atoms with van der Waals surface area (Å²) in [6, 6.07) is 19.1. The van der Waals surface area contributed by atoms with Gasteiger partial charge in [-0.1, -0.05) is 18.2 Å². The maximum atomic E-state index is 13.0. The zero-order chi connectivity index (χ0) is 26.7. The number of fused-ring (bicyclic) bond motifs is 1. The molecule has 2 aromatic heterocycles. The van der Waals surface area contributed by atoms with Gasteiger partial charge in [0.2, 0.25) is 0 Å². The second-order valence-electron chi connectivity index (χ2n) is 9.92. The number of hydrogen-bond acceptors (Lipinski definition) is 8. The highest BCUT2D eigenvalue weighted by Crippen LogP contribution is 2.28. The first-order valence-electron chi connectivity index (χ1n) is 12.5. The van der Waals surface area contributed by atoms with E-state index in [0.717, 1.165) is 41.2 Å². The predicted molar refractivity (Wildman–Crippen MR) is 148 cm³/mol. The minimum absolute atomic E-state index is 0.232. The number of nitrogens with zero attached hydrogens (tertiary/aromatic N) is 4. The van der Waals surface area contributed by atoms with E-state index in [2.05, 4.69) is 32.0 Å². The van der Waals surface area contributed by atoms with Crippen LogP contribution in [0, 0.1) is 18.3 Å². The monoisotopic (exact) mass is 507 g/mol. The van der Waals surface area contributed by atoms with Gasteiger partial charge < -0.3 is 20.7 Å². The molecule has 9 nitrogen and oxygen atoms in total. The number of carbonyl (C=O) groups is 1. The molecule has 4 aromatic rings. The molecule has 1 saturated heterocycles. The Kier molecular flexibility index (Phi) is 6.90. The topological polar surface area (TPSA) is 125 Å². The van der Waals surface area contributed by atoms with Crippen molar-refractivity contribution in [3.63, 3.8) is 0 Å². The van der Waals surface area contributed by atoms with Crippen LogP contribution in [-0.4, -0.2) is 40.1 Å². The lowest BCUT2D eigenvalue weighted by molar-refractivity contribution is 0.102. The number of anilines is 4. The van der Waals surface area contributed by atoms with Gasteiger partial charge in [-0.3, -0.25) is 4.79 Å². The summed E-state index contributed by atoms with van der Waals surface area (Å²) in [7, 11) is 0. The smallest absolute Gasteiger partial charge is 0.255 e. The largest absolute Gasteiger partial charge is 0.379 e. The summed E-state index contributed by atoms with van der Waals surface area (Å²) < 4.78 is 5.46. The normalized spacial score (nSPS) is 15.2. The summed E-state index contributed by atoms with van der Waals surface area (Å²) in [5, 5.41) is 19.2. The van der Waals surface area contributed by atoms with Gasteiger partial charge in [-0.05, 0) is 74.7 Å². The Bertz CT molecular complexity index is 1540. The molecule has 38 heavy (non-hydrogen) atoms. The van der Waals surface area contributed by atoms with Gasteiger partial charge in [0.25, 0.3) is 5.91 Å². The lowest BCUT2D eigenvalue weighted by atomic mass is 9.85. The van der Waals surface area contributed by atoms with Crippen molar-refractivity contribution in [1.29, 1.82) is 5.26 Å². The third-order valence-corrected chi connectivity index (χ3v) is 6.64. The highest BCUT2D eigenvalue weighted by atomic mass is 16.5. The molecule has 3 N–H and O–H groups in total. The number of rotatable bonds is 7. The molecule has 1 atom stereocenters. The molecule has 1 amide bonds. The van der Waals surface area contributed by atoms with E-state index < -0.39 is 5.41 Å². The van der Waals surface area contributed by atoms with E-state index in [1.165, 1.54) is 6.33 Å². The summed E-state index contributed by atoms with van der Waals surface area (Å²) in [5.74, 6) is 1.06. The lowest BCUT2D eigenvalue weighted by Crippen LogP contribution is -2.19. The minimum Gasteiger partial charge on any atom is -0.379 e. The van der Waals surface area contributed by atoms with E-state index in [1.54, 1.807) is 18.2 Å². The van der Waals surface area contributed by atoms with Crippen molar-refractivity contribution < 1.29 is 9.53 Å². The number of pyridine rings is 1. The van der Waals surface area contributed by atoms with Gasteiger partial charge in [0.05, 0.1) is 29.6 Å². The first kappa shape index (κ1) is 25.1. The molecule has 0 aliphatic carbocycles. The zero-order valence-corrected chi connectivity index (χ0v) is 21.6. The third kappa shape index (κ3) is 5.41. The lowest BCUT2D eigenvalue weighted by Gasteiger charge is -2.17. The Morgan fingerprint density at radius 3 is 2.79 bits per heavy atom. The average Bonchev–Trinajstić information content (AvgIpc) is 3.44. The van der Waals surface area contributed by atoms with Crippen LogP contribution < -0.4 is 16.0 Å². The number of ether oxygens (including phenoxy) is 1. The Morgan fingerprint density at radius 2 is 2.00 bits per heavy atom. The van der Waals surface area contributed by atoms with Gasteiger partial charge in [0, 0.05) is 23.5 Å². The van der Waals surface area contributed by atoms with Crippen molar-refractivity contribution in [3.05, 3.63) is 77.6 Å². The van der Waals surface area contributed by atoms with Crippen molar-refractivity contribution in [2.75, 3.05) is 29.2 Å². The van der Waals surface area contributed by atoms with Crippen LogP contribution >= 0.6 is 0 Å². The quantitative estimate of drug-likeness (QED) is 0.306. The molecule has 1 fully saturated rings. The Hall–Kier alpha value is -4.55. The Labute approximate surface area is 221 Å². The van der Waals surface area contributed by atoms with Crippen LogP contribution in [0.3, 0.4) is 0 Å². The van der Waals surface area contributed by atoms with Crippen LogP contribution in [0.2, 0.25) is 0 Å². The van der Waals surface area contributed by atoms with Crippen molar-refractivity contribution in [2.45, 2.75) is 38.6 Å². The first-order valence-corrected chi connectivity index (χ1v) is 12.5. The van der Waals surface area contributed by atoms with E-state index in [9.17, 15) is 10.1 Å². The van der Waals surface area contributed by atoms with E-state index in [-0.39, 0.29) is 11.9 Å². The number of aryl methyl sites for hydroxylation is 1. The molecule has 2 aromatic carbocycles. The van der Waals surface area contributed by atoms with Gasteiger partial charge in [0.1, 0.15) is 17.7 Å². The van der Waals surface area contributed by atoms with Gasteiger partial charge in [-0.15, -0.1) is 0 Å². The number of nitrogens with one attached hydrogen (secondary N) is 3. The number of benzene rings is 2. The van der Waals surface area contributed by atoms with Gasteiger partial charge in [-0.2, -0.15) is 5.26 Å². The summed E-state index contributed by atoms with van der Waals surface area (Å²) in [6.07, 6.45) is 2.44. The molecule has 1 aliphatic heterocycles. The molecule has 0 unspecified atom stereocenters. The van der Waals surface area contributed by atoms with E-state index >= 15 is 0 Å². The van der Waals surface area contributed by atoms with Crippen molar-refractivity contribution in [3.8, 4) is 6.07 Å². The van der Waals surface area contributed by atoms with E-state index in [1.807, 2.05) is 57.2 Å². The maximum Gasteiger partial charge on any atom is 0.255 e. The van der Waals surface area contributed by atoms with Crippen LogP contribution in [0.25, 0.3) is 11.0 Å². The molecule has 192 valence electrons. The Morgan fingerprint density at radius 1 is 1.13 bits per heavy atom. The van der Waals surface area contributed by atoms with Gasteiger partial charge in [-0.25, -0.2) is 15.0 Å². The van der Waals surface area contributed by atoms with Crippen molar-refractivity contribution in [1.82, 2.24) is 15.0 Å². The molecule has 1 aliphatic rings. The number of hydrogen-bond donors (Lipinski definition) is 3. The molecular weight excluding hydrogens is 478 g/mol. The standard InChI is InChI=1S/C29H29N7O2/c1-18-7-8-21(34-28(37)19-5-4-6-20(13-19)29(2,3)16-30)14-24(18)35-27-26-23(31-17-32-27)9-10-25(36-26)33-22-11-12-38-15-22/h4-10,13-14,17,22H,11-12,15H2,1-3H3,(H,33,36)(H,34,37)(H,31,32,35)/t22-/m0/s1. The fourth-order valence-electron chi connectivity index (χ4n) is 4.25. The molecule has 5 rings (SSSR count). The van der Waals surface area contributed by atoms with Gasteiger partial charge >= 0.3 is 0 Å². The fraction of sp³-hybridized carbons (Fsp3) is 0.276. The van der Waals surface area contributed by atoms with Crippen molar-refractivity contribution >= 4 is 40.0 Å². The summed E-state index contributed by atoms with van der Waals surface area (Å²) >= 11 is 0. The number of aromatic nitrogens is 3. The van der Waals surface area contributed by atoms with Crippen molar-refractivity contribution in [2.24, 2.45) is 0 Å². The van der Waals surface area contributed by atoms with Crippen LogP contribution in [0.15, 0.2) is 60.9 Å². The number of carbonyl (C=O) groups excluding carboxylic acids is 1. The summed E-state index contributed by atoms with van der Waals surface area (Å²) in [4.78, 5) is 26.6. The first-order chi connectivity index (χ1) is 18.3. The molecule has 0 saturated carbocycles. The number of nitriles is 1. The van der Waals surface area contributed by atoms with E-state index in [0.29, 0.717) is 29.2 Å².